The van der Waals surface area contributed by atoms with Gasteiger partial charge in [0.1, 0.15) is 0 Å². The minimum absolute atomic E-state index is 0. The summed E-state index contributed by atoms with van der Waals surface area (Å²) in [5.41, 5.74) is 7.92. The van der Waals surface area contributed by atoms with Crippen molar-refractivity contribution in [3.8, 4) is 0 Å². The number of rotatable bonds is 3. The van der Waals surface area contributed by atoms with E-state index < -0.39 is 6.61 Å². The van der Waals surface area contributed by atoms with E-state index in [1.165, 1.54) is 12.1 Å². The van der Waals surface area contributed by atoms with Crippen LogP contribution in [0.25, 0.3) is 0 Å². The van der Waals surface area contributed by atoms with Crippen molar-refractivity contribution in [2.45, 2.75) is 6.61 Å². The SMILES string of the molecule is Cl.Cl.Nc1ccc(Cl)cc1NOC(F)F. The summed E-state index contributed by atoms with van der Waals surface area (Å²) >= 11 is 5.59. The summed E-state index contributed by atoms with van der Waals surface area (Å²) in [7, 11) is 0. The largest absolute Gasteiger partial charge is 0.397 e. The fourth-order valence-electron chi connectivity index (χ4n) is 0.725. The molecule has 1 rings (SSSR count). The van der Waals surface area contributed by atoms with Gasteiger partial charge in [0.2, 0.25) is 0 Å². The molecule has 0 spiro atoms. The van der Waals surface area contributed by atoms with Crippen molar-refractivity contribution in [1.82, 2.24) is 0 Å². The van der Waals surface area contributed by atoms with Crippen LogP contribution < -0.4 is 11.2 Å². The minimum atomic E-state index is -2.90. The molecule has 0 aliphatic carbocycles. The Hall–Kier alpha value is -0.490. The van der Waals surface area contributed by atoms with E-state index in [0.29, 0.717) is 5.02 Å². The lowest BCUT2D eigenvalue weighted by Gasteiger charge is -2.08. The molecule has 0 amide bonds. The Morgan fingerprint density at radius 1 is 1.33 bits per heavy atom. The summed E-state index contributed by atoms with van der Waals surface area (Å²) in [6.45, 7) is -2.90. The third-order valence-electron chi connectivity index (χ3n) is 1.27. The highest BCUT2D eigenvalue weighted by atomic mass is 35.5. The molecule has 0 radical (unpaired) electrons. The van der Waals surface area contributed by atoms with Crippen LogP contribution in [-0.2, 0) is 4.84 Å². The number of nitrogens with two attached hydrogens (primary N) is 1. The normalized spacial score (nSPS) is 9.07. The first-order chi connectivity index (χ1) is 6.09. The molecule has 3 nitrogen and oxygen atoms in total. The van der Waals surface area contributed by atoms with Gasteiger partial charge in [-0.25, -0.2) is 4.84 Å². The summed E-state index contributed by atoms with van der Waals surface area (Å²) < 4.78 is 23.2. The van der Waals surface area contributed by atoms with E-state index in [2.05, 4.69) is 4.84 Å². The van der Waals surface area contributed by atoms with Crippen molar-refractivity contribution in [2.24, 2.45) is 0 Å². The van der Waals surface area contributed by atoms with Crippen molar-refractivity contribution in [1.29, 1.82) is 0 Å². The van der Waals surface area contributed by atoms with Crippen molar-refractivity contribution in [2.75, 3.05) is 11.2 Å². The van der Waals surface area contributed by atoms with Gasteiger partial charge in [-0.1, -0.05) is 11.6 Å². The van der Waals surface area contributed by atoms with Crippen LogP contribution in [-0.4, -0.2) is 6.61 Å². The molecule has 3 N–H and O–H groups in total. The molecule has 0 saturated heterocycles. The highest BCUT2D eigenvalue weighted by Crippen LogP contribution is 2.23. The highest BCUT2D eigenvalue weighted by molar-refractivity contribution is 6.31. The van der Waals surface area contributed by atoms with Gasteiger partial charge in [0.05, 0.1) is 11.4 Å². The maximum Gasteiger partial charge on any atom is 0.364 e. The van der Waals surface area contributed by atoms with Crippen LogP contribution >= 0.6 is 36.4 Å². The molecule has 1 aromatic carbocycles. The van der Waals surface area contributed by atoms with E-state index in [-0.39, 0.29) is 36.2 Å². The first-order valence-electron chi connectivity index (χ1n) is 3.34. The van der Waals surface area contributed by atoms with E-state index in [0.717, 1.165) is 0 Å². The fourth-order valence-corrected chi connectivity index (χ4v) is 0.897. The number of anilines is 2. The Balaban J connectivity index is 0. The lowest BCUT2D eigenvalue weighted by Crippen LogP contribution is -2.08. The highest BCUT2D eigenvalue weighted by Gasteiger charge is 2.04. The summed E-state index contributed by atoms with van der Waals surface area (Å²) in [6.07, 6.45) is 0. The number of nitrogens with one attached hydrogen (secondary N) is 1. The molecule has 15 heavy (non-hydrogen) atoms. The van der Waals surface area contributed by atoms with Gasteiger partial charge in [0.25, 0.3) is 0 Å². The summed E-state index contributed by atoms with van der Waals surface area (Å²) in [4.78, 5) is 3.84. The van der Waals surface area contributed by atoms with Gasteiger partial charge in [-0.15, -0.1) is 24.8 Å². The molecular weight excluding hydrogens is 272 g/mol. The van der Waals surface area contributed by atoms with E-state index in [9.17, 15) is 8.78 Å². The van der Waals surface area contributed by atoms with Crippen molar-refractivity contribution < 1.29 is 13.6 Å². The summed E-state index contributed by atoms with van der Waals surface area (Å²) in [6, 6.07) is 4.42. The van der Waals surface area contributed by atoms with Crippen molar-refractivity contribution >= 4 is 47.8 Å². The molecule has 0 aromatic heterocycles. The maximum absolute atomic E-state index is 11.6. The third-order valence-corrected chi connectivity index (χ3v) is 1.51. The molecule has 1 aromatic rings. The molecule has 8 heteroatoms. The fraction of sp³-hybridized carbons (Fsp3) is 0.143. The summed E-state index contributed by atoms with van der Waals surface area (Å²) in [5, 5.41) is 0.384. The molecule has 88 valence electrons. The van der Waals surface area contributed by atoms with Gasteiger partial charge in [0.15, 0.2) is 0 Å². The number of hydrogen-bond donors (Lipinski definition) is 2. The van der Waals surface area contributed by atoms with Crippen LogP contribution in [0, 0.1) is 0 Å². The number of alkyl halides is 2. The van der Waals surface area contributed by atoms with E-state index in [4.69, 9.17) is 17.3 Å². The number of nitrogen functional groups attached to an aromatic ring is 1. The number of halogens is 5. The molecule has 0 atom stereocenters. The third kappa shape index (κ3) is 5.84. The molecule has 0 saturated carbocycles. The first kappa shape index (κ1) is 16.9. The molecule has 0 fully saturated rings. The topological polar surface area (TPSA) is 47.3 Å². The molecule has 0 heterocycles. The van der Waals surface area contributed by atoms with Crippen LogP contribution in [0.3, 0.4) is 0 Å². The second-order valence-electron chi connectivity index (χ2n) is 2.21. The van der Waals surface area contributed by atoms with Gasteiger partial charge in [0, 0.05) is 5.02 Å². The maximum atomic E-state index is 11.6. The van der Waals surface area contributed by atoms with E-state index in [1.54, 1.807) is 6.07 Å². The predicted octanol–water partition coefficient (Wildman–Crippen LogP) is 3.33. The second kappa shape index (κ2) is 7.76. The Labute approximate surface area is 103 Å². The smallest absolute Gasteiger partial charge is 0.364 e. The second-order valence-corrected chi connectivity index (χ2v) is 2.65. The lowest BCUT2D eigenvalue weighted by atomic mass is 10.3. The zero-order valence-electron chi connectivity index (χ0n) is 7.25. The quantitative estimate of drug-likeness (QED) is 0.660. The lowest BCUT2D eigenvalue weighted by molar-refractivity contribution is -0.105. The van der Waals surface area contributed by atoms with Gasteiger partial charge < -0.3 is 5.73 Å². The van der Waals surface area contributed by atoms with Gasteiger partial charge in [-0.2, -0.15) is 8.78 Å². The number of benzene rings is 1. The van der Waals surface area contributed by atoms with E-state index >= 15 is 0 Å². The zero-order valence-corrected chi connectivity index (χ0v) is 9.63. The van der Waals surface area contributed by atoms with Gasteiger partial charge in [-0.3, -0.25) is 5.48 Å². The van der Waals surface area contributed by atoms with E-state index in [1.807, 2.05) is 5.48 Å². The molecule has 0 aliphatic heterocycles. The van der Waals surface area contributed by atoms with Crippen LogP contribution in [0.15, 0.2) is 18.2 Å². The van der Waals surface area contributed by atoms with Gasteiger partial charge >= 0.3 is 6.61 Å². The average molecular weight is 282 g/mol. The van der Waals surface area contributed by atoms with Crippen LogP contribution in [0.5, 0.6) is 0 Å². The Morgan fingerprint density at radius 3 is 2.47 bits per heavy atom. The van der Waals surface area contributed by atoms with Gasteiger partial charge in [-0.05, 0) is 18.2 Å². The Morgan fingerprint density at radius 2 is 1.93 bits per heavy atom. The zero-order chi connectivity index (χ0) is 9.84. The standard InChI is InChI=1S/C7H7ClF2N2O.2ClH/c8-4-1-2-5(11)6(3-4)12-13-7(9)10;;/h1-3,7,12H,11H2;2*1H. The first-order valence-corrected chi connectivity index (χ1v) is 3.72. The number of hydrogen-bond acceptors (Lipinski definition) is 3. The minimum Gasteiger partial charge on any atom is -0.397 e. The van der Waals surface area contributed by atoms with Crippen molar-refractivity contribution in [3.05, 3.63) is 23.2 Å². The van der Waals surface area contributed by atoms with Crippen LogP contribution in [0.2, 0.25) is 5.02 Å². The predicted molar refractivity (Wildman–Crippen MR) is 61.1 cm³/mol. The molecule has 0 aliphatic rings. The van der Waals surface area contributed by atoms with Crippen molar-refractivity contribution in [3.63, 3.8) is 0 Å². The molecular formula is C7H9Cl3F2N2O. The Kier molecular flexibility index (Phi) is 8.75. The Bertz CT molecular complexity index is 302. The van der Waals surface area contributed by atoms with Crippen LogP contribution in [0.4, 0.5) is 20.2 Å². The molecule has 0 bridgehead atoms. The average Bonchev–Trinajstić information content (AvgIpc) is 2.06. The molecule has 0 unspecified atom stereocenters. The van der Waals surface area contributed by atoms with Crippen LogP contribution in [0.1, 0.15) is 0 Å². The monoisotopic (exact) mass is 280 g/mol. The summed E-state index contributed by atoms with van der Waals surface area (Å²) in [5.74, 6) is 0.